The van der Waals surface area contributed by atoms with Gasteiger partial charge in [0.1, 0.15) is 5.75 Å². The van der Waals surface area contributed by atoms with E-state index in [0.717, 1.165) is 33.9 Å². The van der Waals surface area contributed by atoms with Crippen LogP contribution in [-0.2, 0) is 0 Å². The Balaban J connectivity index is 1.97. The molecule has 2 aromatic carbocycles. The van der Waals surface area contributed by atoms with Crippen LogP contribution >= 0.6 is 0 Å². The fourth-order valence-corrected chi connectivity index (χ4v) is 2.33. The highest BCUT2D eigenvalue weighted by atomic mass is 16.7. The van der Waals surface area contributed by atoms with Crippen molar-refractivity contribution in [3.63, 3.8) is 0 Å². The van der Waals surface area contributed by atoms with E-state index < -0.39 is 0 Å². The Labute approximate surface area is 118 Å². The van der Waals surface area contributed by atoms with E-state index in [9.17, 15) is 0 Å². The third-order valence-electron chi connectivity index (χ3n) is 3.37. The van der Waals surface area contributed by atoms with Crippen molar-refractivity contribution < 1.29 is 14.2 Å². The van der Waals surface area contributed by atoms with Crippen LogP contribution in [-0.4, -0.2) is 13.9 Å². The summed E-state index contributed by atoms with van der Waals surface area (Å²) in [5.41, 5.74) is 3.42. The lowest BCUT2D eigenvalue weighted by atomic mass is 9.97. The summed E-state index contributed by atoms with van der Waals surface area (Å²) in [6.07, 6.45) is 2.10. The van der Waals surface area contributed by atoms with Gasteiger partial charge in [-0.05, 0) is 47.9 Å². The van der Waals surface area contributed by atoms with Crippen molar-refractivity contribution in [2.24, 2.45) is 0 Å². The summed E-state index contributed by atoms with van der Waals surface area (Å²) < 4.78 is 16.0. The van der Waals surface area contributed by atoms with Gasteiger partial charge in [0, 0.05) is 0 Å². The van der Waals surface area contributed by atoms with Crippen LogP contribution in [0.3, 0.4) is 0 Å². The number of benzene rings is 2. The van der Waals surface area contributed by atoms with Crippen molar-refractivity contribution in [2.45, 2.75) is 6.92 Å². The molecule has 1 heterocycles. The molecule has 0 aliphatic carbocycles. The third kappa shape index (κ3) is 2.23. The molecular weight excluding hydrogens is 252 g/mol. The van der Waals surface area contributed by atoms with Gasteiger partial charge >= 0.3 is 0 Å². The summed E-state index contributed by atoms with van der Waals surface area (Å²) in [5, 5.41) is 0. The Bertz CT molecular complexity index is 642. The van der Waals surface area contributed by atoms with E-state index in [0.29, 0.717) is 6.79 Å². The Hall–Kier alpha value is -2.42. The molecule has 0 atom stereocenters. The summed E-state index contributed by atoms with van der Waals surface area (Å²) in [5.74, 6) is 2.46. The van der Waals surface area contributed by atoms with Crippen molar-refractivity contribution in [2.75, 3.05) is 13.9 Å². The van der Waals surface area contributed by atoms with Crippen molar-refractivity contribution in [3.05, 3.63) is 59.7 Å². The van der Waals surface area contributed by atoms with Crippen LogP contribution in [0.5, 0.6) is 17.2 Å². The lowest BCUT2D eigenvalue weighted by molar-refractivity contribution is 0.174. The average molecular weight is 268 g/mol. The fraction of sp³-hybridized carbons (Fsp3) is 0.176. The molecule has 0 aromatic heterocycles. The Kier molecular flexibility index (Phi) is 3.33. The van der Waals surface area contributed by atoms with E-state index in [2.05, 4.69) is 18.2 Å². The summed E-state index contributed by atoms with van der Waals surface area (Å²) in [6, 6.07) is 14.1. The van der Waals surface area contributed by atoms with Crippen molar-refractivity contribution >= 4 is 5.57 Å². The average Bonchev–Trinajstić information content (AvgIpc) is 2.96. The van der Waals surface area contributed by atoms with E-state index in [4.69, 9.17) is 14.2 Å². The first-order valence-electron chi connectivity index (χ1n) is 6.52. The van der Waals surface area contributed by atoms with Crippen LogP contribution in [0.4, 0.5) is 0 Å². The van der Waals surface area contributed by atoms with Crippen LogP contribution in [0.2, 0.25) is 0 Å². The first-order valence-corrected chi connectivity index (χ1v) is 6.52. The largest absolute Gasteiger partial charge is 0.497 e. The molecule has 0 amide bonds. The topological polar surface area (TPSA) is 27.7 Å². The van der Waals surface area contributed by atoms with E-state index in [-0.39, 0.29) is 0 Å². The molecule has 0 bridgehead atoms. The number of allylic oxidation sites excluding steroid dienone is 1. The maximum absolute atomic E-state index is 5.44. The van der Waals surface area contributed by atoms with Crippen molar-refractivity contribution in [1.29, 1.82) is 0 Å². The molecule has 1 aliphatic rings. The van der Waals surface area contributed by atoms with E-state index >= 15 is 0 Å². The highest BCUT2D eigenvalue weighted by molar-refractivity contribution is 5.81. The van der Waals surface area contributed by atoms with Crippen LogP contribution in [0, 0.1) is 0 Å². The summed E-state index contributed by atoms with van der Waals surface area (Å²) >= 11 is 0. The van der Waals surface area contributed by atoms with Gasteiger partial charge in [-0.25, -0.2) is 0 Å². The summed E-state index contributed by atoms with van der Waals surface area (Å²) in [7, 11) is 1.67. The van der Waals surface area contributed by atoms with Gasteiger partial charge in [-0.2, -0.15) is 0 Å². The lowest BCUT2D eigenvalue weighted by Crippen LogP contribution is -1.93. The minimum absolute atomic E-state index is 0.298. The fourth-order valence-electron chi connectivity index (χ4n) is 2.33. The van der Waals surface area contributed by atoms with Gasteiger partial charge in [0.2, 0.25) is 6.79 Å². The standard InChI is InChI=1S/C17H16O3/c1-3-15(12-4-7-14(18-2)8-5-12)13-6-9-16-17(10-13)20-11-19-16/h3-10H,11H2,1-2H3/b15-3-. The minimum atomic E-state index is 0.298. The van der Waals surface area contributed by atoms with Crippen LogP contribution in [0.15, 0.2) is 48.5 Å². The predicted octanol–water partition coefficient (Wildman–Crippen LogP) is 3.88. The highest BCUT2D eigenvalue weighted by Crippen LogP contribution is 2.36. The number of methoxy groups -OCH3 is 1. The van der Waals surface area contributed by atoms with E-state index in [1.807, 2.05) is 37.3 Å². The van der Waals surface area contributed by atoms with Crippen LogP contribution < -0.4 is 14.2 Å². The summed E-state index contributed by atoms with van der Waals surface area (Å²) in [6.45, 7) is 2.33. The van der Waals surface area contributed by atoms with Gasteiger partial charge in [-0.15, -0.1) is 0 Å². The van der Waals surface area contributed by atoms with E-state index in [1.54, 1.807) is 7.11 Å². The molecule has 0 radical (unpaired) electrons. The normalized spacial score (nSPS) is 13.4. The highest BCUT2D eigenvalue weighted by Gasteiger charge is 2.15. The maximum atomic E-state index is 5.44. The third-order valence-corrected chi connectivity index (χ3v) is 3.37. The molecule has 102 valence electrons. The molecule has 20 heavy (non-hydrogen) atoms. The second-order valence-corrected chi connectivity index (χ2v) is 4.50. The molecule has 3 nitrogen and oxygen atoms in total. The van der Waals surface area contributed by atoms with Gasteiger partial charge < -0.3 is 14.2 Å². The number of fused-ring (bicyclic) bond motifs is 1. The lowest BCUT2D eigenvalue weighted by Gasteiger charge is -2.09. The van der Waals surface area contributed by atoms with E-state index in [1.165, 1.54) is 0 Å². The number of hydrogen-bond donors (Lipinski definition) is 0. The van der Waals surface area contributed by atoms with Gasteiger partial charge in [-0.3, -0.25) is 0 Å². The van der Waals surface area contributed by atoms with Crippen LogP contribution in [0.25, 0.3) is 5.57 Å². The number of hydrogen-bond acceptors (Lipinski definition) is 3. The molecule has 1 aliphatic heterocycles. The molecule has 0 saturated carbocycles. The van der Waals surface area contributed by atoms with Crippen LogP contribution in [0.1, 0.15) is 18.1 Å². The Morgan fingerprint density at radius 3 is 2.40 bits per heavy atom. The predicted molar refractivity (Wildman–Crippen MR) is 78.3 cm³/mol. The summed E-state index contributed by atoms with van der Waals surface area (Å²) in [4.78, 5) is 0. The zero-order valence-corrected chi connectivity index (χ0v) is 11.6. The second kappa shape index (κ2) is 5.29. The number of ether oxygens (including phenoxy) is 3. The number of rotatable bonds is 3. The van der Waals surface area contributed by atoms with Crippen molar-refractivity contribution in [3.8, 4) is 17.2 Å². The molecule has 2 aromatic rings. The Morgan fingerprint density at radius 2 is 1.70 bits per heavy atom. The molecule has 0 saturated heterocycles. The SMILES string of the molecule is C/C=C(/c1ccc(OC)cc1)c1ccc2c(c1)OCO2. The zero-order valence-electron chi connectivity index (χ0n) is 11.6. The molecule has 0 N–H and O–H groups in total. The zero-order chi connectivity index (χ0) is 13.9. The maximum Gasteiger partial charge on any atom is 0.231 e. The molecule has 3 heteroatoms. The molecule has 3 rings (SSSR count). The quantitative estimate of drug-likeness (QED) is 0.845. The smallest absolute Gasteiger partial charge is 0.231 e. The molecule has 0 spiro atoms. The first-order chi connectivity index (χ1) is 9.81. The van der Waals surface area contributed by atoms with Gasteiger partial charge in [0.15, 0.2) is 11.5 Å². The van der Waals surface area contributed by atoms with Gasteiger partial charge in [0.25, 0.3) is 0 Å². The molecule has 0 fully saturated rings. The van der Waals surface area contributed by atoms with Gasteiger partial charge in [0.05, 0.1) is 7.11 Å². The van der Waals surface area contributed by atoms with Crippen molar-refractivity contribution in [1.82, 2.24) is 0 Å². The molecule has 0 unspecified atom stereocenters. The monoisotopic (exact) mass is 268 g/mol. The second-order valence-electron chi connectivity index (χ2n) is 4.50. The molecular formula is C17H16O3. The Morgan fingerprint density at radius 1 is 1.00 bits per heavy atom. The minimum Gasteiger partial charge on any atom is -0.497 e. The first kappa shape index (κ1) is 12.6. The van der Waals surface area contributed by atoms with Gasteiger partial charge in [-0.1, -0.05) is 24.3 Å².